The number of aliphatic hydroxyl groups excluding tert-OH is 1. The monoisotopic (exact) mass is 255 g/mol. The maximum Gasteiger partial charge on any atom is 0.252 e. The molecule has 98 valence electrons. The summed E-state index contributed by atoms with van der Waals surface area (Å²) in [5.41, 5.74) is 2.52. The fraction of sp³-hybridized carbons (Fsp3) is 0.188. The molecule has 0 saturated heterocycles. The molecule has 19 heavy (non-hydrogen) atoms. The van der Waals surface area contributed by atoms with Crippen molar-refractivity contribution in [2.75, 3.05) is 6.54 Å². The molecular formula is C16H17NO2. The normalized spacial score (nSPS) is 11.9. The van der Waals surface area contributed by atoms with Crippen molar-refractivity contribution in [2.24, 2.45) is 0 Å². The van der Waals surface area contributed by atoms with Crippen LogP contribution in [0.15, 0.2) is 54.6 Å². The quantitative estimate of drug-likeness (QED) is 0.881. The molecule has 2 N–H and O–H groups in total. The second-order valence-electron chi connectivity index (χ2n) is 4.47. The first-order valence-electron chi connectivity index (χ1n) is 6.29. The first-order chi connectivity index (χ1) is 9.18. The highest BCUT2D eigenvalue weighted by atomic mass is 16.3. The maximum absolute atomic E-state index is 12.1. The van der Waals surface area contributed by atoms with Crippen molar-refractivity contribution in [1.82, 2.24) is 5.32 Å². The number of hydrogen-bond acceptors (Lipinski definition) is 2. The van der Waals surface area contributed by atoms with Crippen molar-refractivity contribution in [1.29, 1.82) is 0 Å². The minimum absolute atomic E-state index is 0.166. The third-order valence-corrected chi connectivity index (χ3v) is 2.81. The largest absolute Gasteiger partial charge is 0.392 e. The van der Waals surface area contributed by atoms with Crippen molar-refractivity contribution in [2.45, 2.75) is 13.0 Å². The van der Waals surface area contributed by atoms with Crippen molar-refractivity contribution in [3.05, 3.63) is 60.2 Å². The number of hydrogen-bond donors (Lipinski definition) is 2. The van der Waals surface area contributed by atoms with Gasteiger partial charge in [0.25, 0.3) is 5.91 Å². The van der Waals surface area contributed by atoms with Gasteiger partial charge in [-0.3, -0.25) is 4.79 Å². The summed E-state index contributed by atoms with van der Waals surface area (Å²) in [6, 6.07) is 17.2. The lowest BCUT2D eigenvalue weighted by atomic mass is 9.99. The number of nitrogens with one attached hydrogen (secondary N) is 1. The van der Waals surface area contributed by atoms with Gasteiger partial charge in [-0.15, -0.1) is 0 Å². The van der Waals surface area contributed by atoms with E-state index in [-0.39, 0.29) is 12.5 Å². The van der Waals surface area contributed by atoms with Gasteiger partial charge in [-0.05, 0) is 24.1 Å². The summed E-state index contributed by atoms with van der Waals surface area (Å²) in [6.45, 7) is 1.89. The SMILES string of the molecule is CC(O)CNC(=O)c1ccccc1-c1ccccc1. The minimum atomic E-state index is -0.548. The number of benzene rings is 2. The van der Waals surface area contributed by atoms with E-state index in [9.17, 15) is 9.90 Å². The predicted molar refractivity (Wildman–Crippen MR) is 75.9 cm³/mol. The number of carbonyl (C=O) groups excluding carboxylic acids is 1. The molecule has 1 unspecified atom stereocenters. The Morgan fingerprint density at radius 3 is 2.42 bits per heavy atom. The molecule has 1 amide bonds. The van der Waals surface area contributed by atoms with Gasteiger partial charge in [0, 0.05) is 12.1 Å². The molecule has 2 rings (SSSR count). The third kappa shape index (κ3) is 3.42. The van der Waals surface area contributed by atoms with Crippen molar-refractivity contribution >= 4 is 5.91 Å². The zero-order valence-corrected chi connectivity index (χ0v) is 10.8. The van der Waals surface area contributed by atoms with E-state index < -0.39 is 6.10 Å². The Hall–Kier alpha value is -2.13. The second-order valence-corrected chi connectivity index (χ2v) is 4.47. The van der Waals surface area contributed by atoms with E-state index in [1.807, 2.05) is 48.5 Å². The van der Waals surface area contributed by atoms with Crippen LogP contribution >= 0.6 is 0 Å². The Bertz CT molecular complexity index is 550. The van der Waals surface area contributed by atoms with Gasteiger partial charge in [-0.25, -0.2) is 0 Å². The molecule has 1 atom stereocenters. The summed E-state index contributed by atoms with van der Waals surface area (Å²) in [5, 5.41) is 11.9. The molecule has 3 nitrogen and oxygen atoms in total. The molecule has 3 heteroatoms. The van der Waals surface area contributed by atoms with Crippen LogP contribution in [-0.4, -0.2) is 23.7 Å². The zero-order valence-electron chi connectivity index (χ0n) is 10.8. The van der Waals surface area contributed by atoms with Crippen LogP contribution in [0.3, 0.4) is 0 Å². The number of aliphatic hydroxyl groups is 1. The standard InChI is InChI=1S/C16H17NO2/c1-12(18)11-17-16(19)15-10-6-5-9-14(15)13-7-3-2-4-8-13/h2-10,12,18H,11H2,1H3,(H,17,19). The van der Waals surface area contributed by atoms with Gasteiger partial charge in [-0.1, -0.05) is 48.5 Å². The van der Waals surface area contributed by atoms with Gasteiger partial charge >= 0.3 is 0 Å². The van der Waals surface area contributed by atoms with Crippen molar-refractivity contribution in [3.8, 4) is 11.1 Å². The van der Waals surface area contributed by atoms with Crippen LogP contribution < -0.4 is 5.32 Å². The molecule has 0 aliphatic heterocycles. The summed E-state index contributed by atoms with van der Waals surface area (Å²) in [5.74, 6) is -0.166. The van der Waals surface area contributed by atoms with E-state index in [0.29, 0.717) is 5.56 Å². The molecule has 0 aliphatic rings. The van der Waals surface area contributed by atoms with Crippen molar-refractivity contribution in [3.63, 3.8) is 0 Å². The Morgan fingerprint density at radius 2 is 1.74 bits per heavy atom. The Morgan fingerprint density at radius 1 is 1.11 bits per heavy atom. The topological polar surface area (TPSA) is 49.3 Å². The predicted octanol–water partition coefficient (Wildman–Crippen LogP) is 2.46. The first-order valence-corrected chi connectivity index (χ1v) is 6.29. The van der Waals surface area contributed by atoms with Gasteiger partial charge in [-0.2, -0.15) is 0 Å². The molecular weight excluding hydrogens is 238 g/mol. The number of carbonyl (C=O) groups is 1. The van der Waals surface area contributed by atoms with Gasteiger partial charge < -0.3 is 10.4 Å². The average molecular weight is 255 g/mol. The summed E-state index contributed by atoms with van der Waals surface area (Å²) in [6.07, 6.45) is -0.548. The molecule has 0 spiro atoms. The van der Waals surface area contributed by atoms with Crippen molar-refractivity contribution < 1.29 is 9.90 Å². The number of amides is 1. The molecule has 0 aliphatic carbocycles. The van der Waals surface area contributed by atoms with E-state index in [0.717, 1.165) is 11.1 Å². The molecule has 0 heterocycles. The van der Waals surface area contributed by atoms with Crippen LogP contribution in [-0.2, 0) is 0 Å². The summed E-state index contributed by atoms with van der Waals surface area (Å²) < 4.78 is 0. The fourth-order valence-electron chi connectivity index (χ4n) is 1.89. The highest BCUT2D eigenvalue weighted by Crippen LogP contribution is 2.23. The molecule has 0 radical (unpaired) electrons. The minimum Gasteiger partial charge on any atom is -0.392 e. The summed E-state index contributed by atoms with van der Waals surface area (Å²) >= 11 is 0. The lowest BCUT2D eigenvalue weighted by molar-refractivity contribution is 0.0924. The first kappa shape index (κ1) is 13.3. The number of rotatable bonds is 4. The Balaban J connectivity index is 2.29. The van der Waals surface area contributed by atoms with Gasteiger partial charge in [0.05, 0.1) is 6.10 Å². The Labute approximate surface area is 112 Å². The molecule has 0 saturated carbocycles. The van der Waals surface area contributed by atoms with Gasteiger partial charge in [0.15, 0.2) is 0 Å². The van der Waals surface area contributed by atoms with Crippen LogP contribution in [0.1, 0.15) is 17.3 Å². The van der Waals surface area contributed by atoms with Crippen LogP contribution in [0.2, 0.25) is 0 Å². The lowest BCUT2D eigenvalue weighted by Crippen LogP contribution is -2.30. The zero-order chi connectivity index (χ0) is 13.7. The molecule has 2 aromatic rings. The van der Waals surface area contributed by atoms with E-state index in [4.69, 9.17) is 0 Å². The molecule has 0 aromatic heterocycles. The fourth-order valence-corrected chi connectivity index (χ4v) is 1.89. The van der Waals surface area contributed by atoms with Gasteiger partial charge in [0.1, 0.15) is 0 Å². The van der Waals surface area contributed by atoms with Crippen LogP contribution in [0, 0.1) is 0 Å². The molecule has 0 fully saturated rings. The van der Waals surface area contributed by atoms with E-state index in [1.54, 1.807) is 13.0 Å². The third-order valence-electron chi connectivity index (χ3n) is 2.81. The Kier molecular flexibility index (Phi) is 4.31. The highest BCUT2D eigenvalue weighted by molar-refractivity contribution is 6.00. The van der Waals surface area contributed by atoms with E-state index in [1.165, 1.54) is 0 Å². The molecule has 2 aromatic carbocycles. The van der Waals surface area contributed by atoms with Crippen LogP contribution in [0.25, 0.3) is 11.1 Å². The van der Waals surface area contributed by atoms with Crippen LogP contribution in [0.4, 0.5) is 0 Å². The highest BCUT2D eigenvalue weighted by Gasteiger charge is 2.12. The molecule has 0 bridgehead atoms. The van der Waals surface area contributed by atoms with E-state index in [2.05, 4.69) is 5.32 Å². The van der Waals surface area contributed by atoms with Gasteiger partial charge in [0.2, 0.25) is 0 Å². The average Bonchev–Trinajstić information content (AvgIpc) is 2.45. The lowest BCUT2D eigenvalue weighted by Gasteiger charge is -2.11. The van der Waals surface area contributed by atoms with Crippen LogP contribution in [0.5, 0.6) is 0 Å². The summed E-state index contributed by atoms with van der Waals surface area (Å²) in [4.78, 5) is 12.1. The summed E-state index contributed by atoms with van der Waals surface area (Å²) in [7, 11) is 0. The smallest absolute Gasteiger partial charge is 0.252 e. The van der Waals surface area contributed by atoms with E-state index >= 15 is 0 Å². The maximum atomic E-state index is 12.1. The second kappa shape index (κ2) is 6.16.